The molecule has 27 heavy (non-hydrogen) atoms. The summed E-state index contributed by atoms with van der Waals surface area (Å²) in [6.45, 7) is 2.08. The zero-order chi connectivity index (χ0) is 19.2. The second-order valence-electron chi connectivity index (χ2n) is 7.68. The number of aromatic nitrogens is 2. The molecule has 4 atom stereocenters. The number of aryl methyl sites for hydroxylation is 1. The number of likely N-dealkylation sites (tertiary alicyclic amines) is 1. The van der Waals surface area contributed by atoms with Crippen molar-refractivity contribution in [3.8, 4) is 0 Å². The van der Waals surface area contributed by atoms with E-state index in [4.69, 9.17) is 9.47 Å². The lowest BCUT2D eigenvalue weighted by molar-refractivity contribution is -0.142. The lowest BCUT2D eigenvalue weighted by Crippen LogP contribution is -2.45. The van der Waals surface area contributed by atoms with Crippen molar-refractivity contribution < 1.29 is 19.1 Å². The van der Waals surface area contributed by atoms with E-state index in [0.717, 1.165) is 12.0 Å². The van der Waals surface area contributed by atoms with Crippen LogP contribution in [0.25, 0.3) is 0 Å². The predicted octanol–water partition coefficient (Wildman–Crippen LogP) is -0.151. The lowest BCUT2D eigenvalue weighted by atomic mass is 9.76. The molecular weight excluding hydrogens is 348 g/mol. The highest BCUT2D eigenvalue weighted by molar-refractivity contribution is 5.93. The molecule has 146 valence electrons. The van der Waals surface area contributed by atoms with Gasteiger partial charge in [-0.3, -0.25) is 14.3 Å². The molecule has 4 heterocycles. The van der Waals surface area contributed by atoms with Gasteiger partial charge in [0.05, 0.1) is 37.3 Å². The van der Waals surface area contributed by atoms with Crippen LogP contribution in [0.1, 0.15) is 5.56 Å². The van der Waals surface area contributed by atoms with Gasteiger partial charge in [-0.1, -0.05) is 12.2 Å². The third-order valence-corrected chi connectivity index (χ3v) is 5.90. The number of carbonyl (C=O) groups is 2. The molecule has 1 spiro atoms. The van der Waals surface area contributed by atoms with Crippen LogP contribution in [0.3, 0.4) is 0 Å². The first-order valence-electron chi connectivity index (χ1n) is 9.32. The number of rotatable bonds is 7. The largest absolute Gasteiger partial charge is 0.383 e. The Labute approximate surface area is 158 Å². The number of ether oxygens (including phenoxy) is 2. The monoisotopic (exact) mass is 374 g/mol. The van der Waals surface area contributed by atoms with Crippen molar-refractivity contribution in [3.63, 3.8) is 0 Å². The maximum atomic E-state index is 13.2. The Hall–Kier alpha value is -2.19. The van der Waals surface area contributed by atoms with Crippen molar-refractivity contribution in [1.82, 2.24) is 19.6 Å². The predicted molar refractivity (Wildman–Crippen MR) is 96.7 cm³/mol. The molecule has 0 radical (unpaired) electrons. The van der Waals surface area contributed by atoms with Crippen LogP contribution in [0, 0.1) is 11.8 Å². The summed E-state index contributed by atoms with van der Waals surface area (Å²) in [5, 5.41) is 4.16. The van der Waals surface area contributed by atoms with E-state index in [1.165, 1.54) is 0 Å². The number of hydrogen-bond donors (Lipinski definition) is 0. The summed E-state index contributed by atoms with van der Waals surface area (Å²) in [5.41, 5.74) is 0.431. The summed E-state index contributed by atoms with van der Waals surface area (Å²) in [6, 6.07) is 0. The third-order valence-electron chi connectivity index (χ3n) is 5.90. The Balaban J connectivity index is 1.46. The maximum Gasteiger partial charge on any atom is 0.230 e. The normalized spacial score (nSPS) is 31.0. The Bertz CT molecular complexity index is 776. The van der Waals surface area contributed by atoms with Crippen LogP contribution < -0.4 is 0 Å². The molecule has 0 aliphatic carbocycles. The third kappa shape index (κ3) is 2.96. The van der Waals surface area contributed by atoms with Crippen LogP contribution in [-0.4, -0.2) is 83.5 Å². The van der Waals surface area contributed by atoms with E-state index in [1.807, 2.05) is 31.6 Å². The SMILES string of the molecule is COCCN1C[C@]23C=C[C@H](O2)[C@@H](C(=O)N(C)CCc2cnn(C)c2)[C@H]3C1=O. The Morgan fingerprint density at radius 2 is 2.33 bits per heavy atom. The Morgan fingerprint density at radius 1 is 1.52 bits per heavy atom. The lowest BCUT2D eigenvalue weighted by Gasteiger charge is -2.27. The van der Waals surface area contributed by atoms with E-state index in [2.05, 4.69) is 5.10 Å². The van der Waals surface area contributed by atoms with Crippen LogP contribution in [-0.2, 0) is 32.5 Å². The van der Waals surface area contributed by atoms with Crippen molar-refractivity contribution in [2.24, 2.45) is 18.9 Å². The molecule has 3 aliphatic heterocycles. The minimum Gasteiger partial charge on any atom is -0.383 e. The number of fused-ring (bicyclic) bond motifs is 1. The second-order valence-corrected chi connectivity index (χ2v) is 7.68. The first-order chi connectivity index (χ1) is 12.9. The zero-order valence-electron chi connectivity index (χ0n) is 16.0. The van der Waals surface area contributed by atoms with Crippen LogP contribution in [0.15, 0.2) is 24.5 Å². The molecule has 4 rings (SSSR count). The Kier molecular flexibility index (Phi) is 4.55. The summed E-state index contributed by atoms with van der Waals surface area (Å²) >= 11 is 0. The van der Waals surface area contributed by atoms with Gasteiger partial charge in [-0.25, -0.2) is 0 Å². The van der Waals surface area contributed by atoms with Gasteiger partial charge in [0, 0.05) is 40.5 Å². The number of likely N-dealkylation sites (N-methyl/N-ethyl adjacent to an activating group) is 1. The van der Waals surface area contributed by atoms with Crippen molar-refractivity contribution in [1.29, 1.82) is 0 Å². The maximum absolute atomic E-state index is 13.2. The van der Waals surface area contributed by atoms with E-state index >= 15 is 0 Å². The summed E-state index contributed by atoms with van der Waals surface area (Å²) < 4.78 is 13.0. The number of carbonyl (C=O) groups excluding carboxylic acids is 2. The van der Waals surface area contributed by atoms with Crippen LogP contribution in [0.4, 0.5) is 0 Å². The minimum absolute atomic E-state index is 0.00194. The molecule has 1 aromatic heterocycles. The van der Waals surface area contributed by atoms with Gasteiger partial charge >= 0.3 is 0 Å². The first kappa shape index (κ1) is 18.2. The summed E-state index contributed by atoms with van der Waals surface area (Å²) in [6.07, 6.45) is 8.11. The van der Waals surface area contributed by atoms with Crippen LogP contribution in [0.2, 0.25) is 0 Å². The molecular formula is C19H26N4O4. The smallest absolute Gasteiger partial charge is 0.230 e. The van der Waals surface area contributed by atoms with Gasteiger partial charge in [-0.05, 0) is 12.0 Å². The van der Waals surface area contributed by atoms with Crippen molar-refractivity contribution >= 4 is 11.8 Å². The Morgan fingerprint density at radius 3 is 3.04 bits per heavy atom. The molecule has 1 aromatic rings. The van der Waals surface area contributed by atoms with Crippen LogP contribution in [0.5, 0.6) is 0 Å². The van der Waals surface area contributed by atoms with E-state index in [9.17, 15) is 9.59 Å². The highest BCUT2D eigenvalue weighted by atomic mass is 16.5. The molecule has 2 bridgehead atoms. The number of amides is 2. The molecule has 0 N–H and O–H groups in total. The minimum atomic E-state index is -0.653. The second kappa shape index (κ2) is 6.76. The van der Waals surface area contributed by atoms with Gasteiger partial charge in [0.25, 0.3) is 0 Å². The zero-order valence-corrected chi connectivity index (χ0v) is 16.0. The van der Waals surface area contributed by atoms with Gasteiger partial charge in [0.2, 0.25) is 11.8 Å². The molecule has 0 aromatic carbocycles. The highest BCUT2D eigenvalue weighted by Crippen LogP contribution is 2.52. The van der Waals surface area contributed by atoms with Crippen molar-refractivity contribution in [2.45, 2.75) is 18.1 Å². The van der Waals surface area contributed by atoms with Gasteiger partial charge in [0.15, 0.2) is 0 Å². The van der Waals surface area contributed by atoms with Crippen LogP contribution >= 0.6 is 0 Å². The fourth-order valence-corrected chi connectivity index (χ4v) is 4.51. The molecule has 0 unspecified atom stereocenters. The highest BCUT2D eigenvalue weighted by Gasteiger charge is 2.66. The number of hydrogen-bond acceptors (Lipinski definition) is 5. The van der Waals surface area contributed by atoms with E-state index in [1.54, 1.807) is 28.6 Å². The standard InChI is InChI=1S/C19H26N4O4/c1-21(7-5-13-10-20-22(2)11-13)17(24)15-14-4-6-19(27-14)12-23(8-9-26-3)18(25)16(15)19/h4,6,10-11,14-16H,5,7-9,12H2,1-3H3/t14-,15+,16-,19-/m0/s1. The fourth-order valence-electron chi connectivity index (χ4n) is 4.51. The average molecular weight is 374 g/mol. The summed E-state index contributed by atoms with van der Waals surface area (Å²) in [7, 11) is 5.28. The van der Waals surface area contributed by atoms with Gasteiger partial charge in [-0.2, -0.15) is 5.10 Å². The summed E-state index contributed by atoms with van der Waals surface area (Å²) in [4.78, 5) is 29.6. The van der Waals surface area contributed by atoms with Crippen molar-refractivity contribution in [2.75, 3.05) is 40.4 Å². The molecule has 2 fully saturated rings. The molecule has 2 amide bonds. The molecule has 3 aliphatic rings. The molecule has 2 saturated heterocycles. The summed E-state index contributed by atoms with van der Waals surface area (Å²) in [5.74, 6) is -0.911. The first-order valence-corrected chi connectivity index (χ1v) is 9.32. The van der Waals surface area contributed by atoms with Crippen molar-refractivity contribution in [3.05, 3.63) is 30.1 Å². The average Bonchev–Trinajstić information content (AvgIpc) is 3.39. The van der Waals surface area contributed by atoms with Gasteiger partial charge in [0.1, 0.15) is 5.60 Å². The fraction of sp³-hybridized carbons (Fsp3) is 0.632. The number of nitrogens with zero attached hydrogens (tertiary/aromatic N) is 4. The number of methoxy groups -OCH3 is 1. The quantitative estimate of drug-likeness (QED) is 0.621. The van der Waals surface area contributed by atoms with Gasteiger partial charge < -0.3 is 19.3 Å². The van der Waals surface area contributed by atoms with Gasteiger partial charge in [-0.15, -0.1) is 0 Å². The van der Waals surface area contributed by atoms with E-state index < -0.39 is 17.4 Å². The topological polar surface area (TPSA) is 76.9 Å². The molecule has 8 nitrogen and oxygen atoms in total. The van der Waals surface area contributed by atoms with E-state index in [0.29, 0.717) is 26.2 Å². The van der Waals surface area contributed by atoms with E-state index in [-0.39, 0.29) is 17.9 Å². The molecule has 8 heteroatoms. The molecule has 0 saturated carbocycles.